The van der Waals surface area contributed by atoms with Gasteiger partial charge in [0.2, 0.25) is 5.91 Å². The average molecular weight is 191 g/mol. The van der Waals surface area contributed by atoms with Gasteiger partial charge in [0.1, 0.15) is 6.04 Å². The van der Waals surface area contributed by atoms with Crippen molar-refractivity contribution in [1.82, 2.24) is 10.0 Å². The average Bonchev–Trinajstić information content (AvgIpc) is 2.34. The lowest BCUT2D eigenvalue weighted by molar-refractivity contribution is -0.124. The van der Waals surface area contributed by atoms with Crippen molar-refractivity contribution in [2.75, 3.05) is 0 Å². The summed E-state index contributed by atoms with van der Waals surface area (Å²) in [6.45, 7) is 0. The molecule has 0 radical (unpaired) electrons. The number of carbonyl (C=O) groups excluding carboxylic acids is 2. The zero-order valence-corrected chi connectivity index (χ0v) is 6.85. The van der Waals surface area contributed by atoms with E-state index in [-0.39, 0.29) is 12.3 Å². The summed E-state index contributed by atoms with van der Waals surface area (Å²) in [5.41, 5.74) is 0. The Morgan fingerprint density at radius 3 is 2.83 bits per heavy atom. The van der Waals surface area contributed by atoms with Crippen LogP contribution in [0.2, 0.25) is 0 Å². The summed E-state index contributed by atoms with van der Waals surface area (Å²) < 4.78 is 21.7. The van der Waals surface area contributed by atoms with Crippen LogP contribution < -0.4 is 10.0 Å². The number of hydrogen-bond acceptors (Lipinski definition) is 4. The third-order valence-electron chi connectivity index (χ3n) is 1.50. The van der Waals surface area contributed by atoms with Gasteiger partial charge in [-0.25, -0.2) is 0 Å². The largest absolute Gasteiger partial charge is 0.755 e. The molecule has 0 aliphatic carbocycles. The number of nitrogens with one attached hydrogen (secondary N) is 2. The van der Waals surface area contributed by atoms with Crippen molar-refractivity contribution in [2.24, 2.45) is 0 Å². The molecular formula is C5H7N2O4S-. The molecule has 0 aromatic rings. The number of hydrogen-bond donors (Lipinski definition) is 2. The Morgan fingerprint density at radius 2 is 2.42 bits per heavy atom. The van der Waals surface area contributed by atoms with E-state index >= 15 is 0 Å². The highest BCUT2D eigenvalue weighted by atomic mass is 32.2. The van der Waals surface area contributed by atoms with Crippen molar-refractivity contribution in [3.8, 4) is 0 Å². The van der Waals surface area contributed by atoms with E-state index in [0.717, 1.165) is 0 Å². The maximum absolute atomic E-state index is 10.9. The molecule has 1 aliphatic rings. The highest BCUT2D eigenvalue weighted by Crippen LogP contribution is 2.05. The summed E-state index contributed by atoms with van der Waals surface area (Å²) >= 11 is -2.60. The predicted molar refractivity (Wildman–Crippen MR) is 38.2 cm³/mol. The van der Waals surface area contributed by atoms with Crippen LogP contribution in [0, 0.1) is 0 Å². The molecule has 6 nitrogen and oxygen atoms in total. The van der Waals surface area contributed by atoms with Gasteiger partial charge in [-0.15, -0.1) is 0 Å². The number of rotatable bonds is 2. The van der Waals surface area contributed by atoms with E-state index in [1.807, 2.05) is 0 Å². The van der Waals surface area contributed by atoms with Crippen LogP contribution >= 0.6 is 0 Å². The Balaban J connectivity index is 2.43. The first-order valence-electron chi connectivity index (χ1n) is 3.28. The quantitative estimate of drug-likeness (QED) is 0.502. The Kier molecular flexibility index (Phi) is 2.77. The first-order chi connectivity index (χ1) is 5.59. The van der Waals surface area contributed by atoms with Crippen LogP contribution in [-0.2, 0) is 20.9 Å². The molecule has 1 rings (SSSR count). The first kappa shape index (κ1) is 9.14. The normalized spacial score (nSPS) is 24.8. The molecule has 2 atom stereocenters. The van der Waals surface area contributed by atoms with Crippen molar-refractivity contribution < 1.29 is 18.4 Å². The van der Waals surface area contributed by atoms with Crippen LogP contribution in [0.15, 0.2) is 0 Å². The molecule has 0 bridgehead atoms. The lowest BCUT2D eigenvalue weighted by Gasteiger charge is -2.11. The second kappa shape index (κ2) is 3.63. The Hall–Kier alpha value is -0.950. The van der Waals surface area contributed by atoms with E-state index in [0.29, 0.717) is 6.42 Å². The molecule has 2 N–H and O–H groups in total. The van der Waals surface area contributed by atoms with Gasteiger partial charge in [0.25, 0.3) is 5.91 Å². The Bertz CT molecular complexity index is 242. The van der Waals surface area contributed by atoms with E-state index in [9.17, 15) is 18.4 Å². The molecule has 2 unspecified atom stereocenters. The van der Waals surface area contributed by atoms with E-state index in [1.165, 1.54) is 0 Å². The van der Waals surface area contributed by atoms with Crippen molar-refractivity contribution in [1.29, 1.82) is 0 Å². The third kappa shape index (κ3) is 2.28. The number of amides is 2. The van der Waals surface area contributed by atoms with Crippen molar-refractivity contribution in [2.45, 2.75) is 18.9 Å². The SMILES string of the molecule is O=C1CCC(C(=O)NS(=O)[O-])N1. The van der Waals surface area contributed by atoms with Gasteiger partial charge >= 0.3 is 0 Å². The van der Waals surface area contributed by atoms with Gasteiger partial charge in [0.15, 0.2) is 0 Å². The fourth-order valence-electron chi connectivity index (χ4n) is 0.964. The zero-order valence-electron chi connectivity index (χ0n) is 6.03. The van der Waals surface area contributed by atoms with Crippen molar-refractivity contribution >= 4 is 23.1 Å². The lowest BCUT2D eigenvalue weighted by Crippen LogP contribution is -2.42. The highest BCUT2D eigenvalue weighted by Gasteiger charge is 2.26. The fourth-order valence-corrected chi connectivity index (χ4v) is 1.27. The van der Waals surface area contributed by atoms with E-state index in [2.05, 4.69) is 5.32 Å². The molecule has 2 amide bonds. The van der Waals surface area contributed by atoms with Gasteiger partial charge in [-0.2, -0.15) is 0 Å². The second-order valence-electron chi connectivity index (χ2n) is 2.36. The monoisotopic (exact) mass is 191 g/mol. The molecule has 12 heavy (non-hydrogen) atoms. The first-order valence-corrected chi connectivity index (χ1v) is 4.36. The third-order valence-corrected chi connectivity index (χ3v) is 1.86. The molecule has 0 spiro atoms. The summed E-state index contributed by atoms with van der Waals surface area (Å²) in [5.74, 6) is -0.916. The molecule has 1 aliphatic heterocycles. The number of carbonyl (C=O) groups is 2. The minimum Gasteiger partial charge on any atom is -0.755 e. The summed E-state index contributed by atoms with van der Waals surface area (Å²) in [5, 5.41) is 2.33. The Labute approximate surface area is 71.1 Å². The van der Waals surface area contributed by atoms with Gasteiger partial charge in [0, 0.05) is 17.7 Å². The maximum Gasteiger partial charge on any atom is 0.253 e. The van der Waals surface area contributed by atoms with Gasteiger partial charge < -0.3 is 9.87 Å². The highest BCUT2D eigenvalue weighted by molar-refractivity contribution is 7.77. The van der Waals surface area contributed by atoms with Crippen LogP contribution in [0.4, 0.5) is 0 Å². The maximum atomic E-state index is 10.9. The summed E-state index contributed by atoms with van der Waals surface area (Å²) in [4.78, 5) is 21.5. The minimum absolute atomic E-state index is 0.230. The van der Waals surface area contributed by atoms with Crippen LogP contribution in [0.1, 0.15) is 12.8 Å². The second-order valence-corrected chi connectivity index (χ2v) is 3.03. The fraction of sp³-hybridized carbons (Fsp3) is 0.600. The molecule has 0 aromatic heterocycles. The van der Waals surface area contributed by atoms with Crippen molar-refractivity contribution in [3.63, 3.8) is 0 Å². The molecular weight excluding hydrogens is 184 g/mol. The molecule has 7 heteroatoms. The molecule has 0 saturated carbocycles. The molecule has 1 saturated heterocycles. The van der Waals surface area contributed by atoms with E-state index < -0.39 is 23.2 Å². The molecule has 0 aromatic carbocycles. The lowest BCUT2D eigenvalue weighted by atomic mass is 10.2. The van der Waals surface area contributed by atoms with Crippen molar-refractivity contribution in [3.05, 3.63) is 0 Å². The van der Waals surface area contributed by atoms with E-state index in [4.69, 9.17) is 0 Å². The van der Waals surface area contributed by atoms with Crippen LogP contribution in [0.25, 0.3) is 0 Å². The molecule has 1 heterocycles. The van der Waals surface area contributed by atoms with Gasteiger partial charge in [-0.05, 0) is 6.42 Å². The predicted octanol–water partition coefficient (Wildman–Crippen LogP) is -1.82. The van der Waals surface area contributed by atoms with Crippen LogP contribution in [-0.4, -0.2) is 26.6 Å². The van der Waals surface area contributed by atoms with Crippen LogP contribution in [0.5, 0.6) is 0 Å². The standard InChI is InChI=1S/C5H8N2O4S/c8-4-2-1-3(6-4)5(9)7-12(10)11/h3H,1-2H2,(H,6,8)(H,7,9)(H,10,11)/p-1. The molecule has 68 valence electrons. The topological polar surface area (TPSA) is 98.3 Å². The van der Waals surface area contributed by atoms with Gasteiger partial charge in [-0.3, -0.25) is 18.5 Å². The smallest absolute Gasteiger partial charge is 0.253 e. The minimum atomic E-state index is -2.60. The zero-order chi connectivity index (χ0) is 9.14. The Morgan fingerprint density at radius 1 is 1.75 bits per heavy atom. The summed E-state index contributed by atoms with van der Waals surface area (Å²) in [6, 6.07) is -0.699. The van der Waals surface area contributed by atoms with Gasteiger partial charge in [-0.1, -0.05) is 0 Å². The summed E-state index contributed by atoms with van der Waals surface area (Å²) in [6.07, 6.45) is 0.617. The summed E-state index contributed by atoms with van der Waals surface area (Å²) in [7, 11) is 0. The van der Waals surface area contributed by atoms with E-state index in [1.54, 1.807) is 4.72 Å². The van der Waals surface area contributed by atoms with Gasteiger partial charge in [0.05, 0.1) is 0 Å². The van der Waals surface area contributed by atoms with Crippen LogP contribution in [0.3, 0.4) is 0 Å². The molecule has 1 fully saturated rings.